The molecule has 11 heavy (non-hydrogen) atoms. The maximum Gasteiger partial charge on any atom is 0.137 e. The lowest BCUT2D eigenvalue weighted by Crippen LogP contribution is -2.36. The minimum Gasteiger partial charge on any atom is -0.308 e. The molecule has 1 rings (SSSR count). The van der Waals surface area contributed by atoms with E-state index in [1.807, 2.05) is 6.92 Å². The molecule has 0 radical (unpaired) electrons. The molecule has 0 heterocycles. The summed E-state index contributed by atoms with van der Waals surface area (Å²) in [6.45, 7) is 2.95. The third-order valence-electron chi connectivity index (χ3n) is 2.49. The van der Waals surface area contributed by atoms with Gasteiger partial charge in [0.15, 0.2) is 0 Å². The SMILES string of the molecule is CCN[C@H](C=O)C1CCCC1. The van der Waals surface area contributed by atoms with Gasteiger partial charge in [-0.25, -0.2) is 0 Å². The van der Waals surface area contributed by atoms with Crippen LogP contribution in [0.25, 0.3) is 0 Å². The molecule has 1 N–H and O–H groups in total. The lowest BCUT2D eigenvalue weighted by molar-refractivity contribution is -0.110. The average Bonchev–Trinajstić information content (AvgIpc) is 2.52. The summed E-state index contributed by atoms with van der Waals surface area (Å²) < 4.78 is 0. The van der Waals surface area contributed by atoms with Gasteiger partial charge >= 0.3 is 0 Å². The van der Waals surface area contributed by atoms with E-state index in [0.29, 0.717) is 5.92 Å². The van der Waals surface area contributed by atoms with E-state index in [1.54, 1.807) is 0 Å². The van der Waals surface area contributed by atoms with Gasteiger partial charge in [0.25, 0.3) is 0 Å². The van der Waals surface area contributed by atoms with Crippen LogP contribution in [0.15, 0.2) is 0 Å². The molecule has 1 aliphatic rings. The smallest absolute Gasteiger partial charge is 0.137 e. The van der Waals surface area contributed by atoms with Crippen LogP contribution in [0.4, 0.5) is 0 Å². The van der Waals surface area contributed by atoms with Crippen molar-refractivity contribution in [2.45, 2.75) is 38.6 Å². The lowest BCUT2D eigenvalue weighted by Gasteiger charge is -2.17. The molecule has 2 heteroatoms. The van der Waals surface area contributed by atoms with E-state index in [4.69, 9.17) is 0 Å². The molecule has 0 aromatic heterocycles. The fourth-order valence-corrected chi connectivity index (χ4v) is 1.88. The van der Waals surface area contributed by atoms with Crippen LogP contribution >= 0.6 is 0 Å². The zero-order valence-corrected chi connectivity index (χ0v) is 7.18. The molecule has 64 valence electrons. The Hall–Kier alpha value is -0.370. The van der Waals surface area contributed by atoms with Crippen LogP contribution in [0.2, 0.25) is 0 Å². The van der Waals surface area contributed by atoms with E-state index in [-0.39, 0.29) is 6.04 Å². The normalized spacial score (nSPS) is 21.9. The lowest BCUT2D eigenvalue weighted by atomic mass is 9.99. The minimum absolute atomic E-state index is 0.127. The minimum atomic E-state index is 0.127. The Morgan fingerprint density at radius 2 is 2.18 bits per heavy atom. The maximum atomic E-state index is 10.6. The van der Waals surface area contributed by atoms with Gasteiger partial charge in [-0.2, -0.15) is 0 Å². The summed E-state index contributed by atoms with van der Waals surface area (Å²) in [4.78, 5) is 10.6. The molecule has 1 fully saturated rings. The van der Waals surface area contributed by atoms with Gasteiger partial charge < -0.3 is 10.1 Å². The van der Waals surface area contributed by atoms with Crippen molar-refractivity contribution in [3.63, 3.8) is 0 Å². The van der Waals surface area contributed by atoms with Gasteiger partial charge in [-0.3, -0.25) is 0 Å². The highest BCUT2D eigenvalue weighted by Crippen LogP contribution is 2.26. The summed E-state index contributed by atoms with van der Waals surface area (Å²) in [5, 5.41) is 3.21. The van der Waals surface area contributed by atoms with Gasteiger partial charge in [-0.05, 0) is 25.3 Å². The molecule has 0 aromatic carbocycles. The van der Waals surface area contributed by atoms with Crippen molar-refractivity contribution in [3.8, 4) is 0 Å². The fraction of sp³-hybridized carbons (Fsp3) is 0.889. The topological polar surface area (TPSA) is 29.1 Å². The summed E-state index contributed by atoms with van der Waals surface area (Å²) in [6, 6.07) is 0.127. The number of carbonyl (C=O) groups excluding carboxylic acids is 1. The Labute approximate surface area is 68.4 Å². The number of carbonyl (C=O) groups is 1. The summed E-state index contributed by atoms with van der Waals surface area (Å²) in [6.07, 6.45) is 6.15. The van der Waals surface area contributed by atoms with Crippen molar-refractivity contribution in [2.75, 3.05) is 6.54 Å². The standard InChI is InChI=1S/C9H17NO/c1-2-10-9(7-11)8-5-3-4-6-8/h7-10H,2-6H2,1H3/t9-/m1/s1. The van der Waals surface area contributed by atoms with Crippen molar-refractivity contribution in [3.05, 3.63) is 0 Å². The fourth-order valence-electron chi connectivity index (χ4n) is 1.88. The molecule has 0 aliphatic heterocycles. The molecule has 1 aliphatic carbocycles. The van der Waals surface area contributed by atoms with E-state index in [0.717, 1.165) is 12.8 Å². The van der Waals surface area contributed by atoms with Crippen LogP contribution in [-0.4, -0.2) is 18.9 Å². The Morgan fingerprint density at radius 1 is 1.55 bits per heavy atom. The number of likely N-dealkylation sites (N-methyl/N-ethyl adjacent to an activating group) is 1. The summed E-state index contributed by atoms with van der Waals surface area (Å²) in [5.74, 6) is 0.618. The second kappa shape index (κ2) is 4.50. The zero-order valence-electron chi connectivity index (χ0n) is 7.18. The molecular formula is C9H17NO. The first-order valence-corrected chi connectivity index (χ1v) is 4.57. The molecule has 0 bridgehead atoms. The van der Waals surface area contributed by atoms with Crippen LogP contribution in [0.3, 0.4) is 0 Å². The van der Waals surface area contributed by atoms with E-state index in [1.165, 1.54) is 25.7 Å². The van der Waals surface area contributed by atoms with Crippen molar-refractivity contribution in [2.24, 2.45) is 5.92 Å². The Morgan fingerprint density at radius 3 is 2.64 bits per heavy atom. The van der Waals surface area contributed by atoms with Crippen molar-refractivity contribution < 1.29 is 4.79 Å². The molecule has 2 nitrogen and oxygen atoms in total. The van der Waals surface area contributed by atoms with Gasteiger partial charge in [-0.15, -0.1) is 0 Å². The average molecular weight is 155 g/mol. The van der Waals surface area contributed by atoms with Gasteiger partial charge in [0.1, 0.15) is 6.29 Å². The highest BCUT2D eigenvalue weighted by atomic mass is 16.1. The quantitative estimate of drug-likeness (QED) is 0.621. The van der Waals surface area contributed by atoms with E-state index in [9.17, 15) is 4.79 Å². The highest BCUT2D eigenvalue weighted by Gasteiger charge is 2.23. The van der Waals surface area contributed by atoms with E-state index >= 15 is 0 Å². The molecule has 1 saturated carbocycles. The maximum absolute atomic E-state index is 10.6. The molecule has 0 saturated heterocycles. The van der Waals surface area contributed by atoms with Gasteiger partial charge in [0.2, 0.25) is 0 Å². The summed E-state index contributed by atoms with van der Waals surface area (Å²) in [5.41, 5.74) is 0. The second-order valence-electron chi connectivity index (χ2n) is 3.26. The number of aldehydes is 1. The summed E-state index contributed by atoms with van der Waals surface area (Å²) in [7, 11) is 0. The van der Waals surface area contributed by atoms with Crippen LogP contribution < -0.4 is 5.32 Å². The highest BCUT2D eigenvalue weighted by molar-refractivity contribution is 5.58. The Balaban J connectivity index is 2.33. The van der Waals surface area contributed by atoms with Crippen LogP contribution in [-0.2, 0) is 4.79 Å². The third kappa shape index (κ3) is 2.29. The zero-order chi connectivity index (χ0) is 8.10. The molecule has 0 spiro atoms. The van der Waals surface area contributed by atoms with E-state index < -0.39 is 0 Å². The predicted octanol–water partition coefficient (Wildman–Crippen LogP) is 1.35. The van der Waals surface area contributed by atoms with Crippen LogP contribution in [0.5, 0.6) is 0 Å². The Bertz CT molecular complexity index is 119. The molecule has 1 atom stereocenters. The number of nitrogens with one attached hydrogen (secondary N) is 1. The second-order valence-corrected chi connectivity index (χ2v) is 3.26. The van der Waals surface area contributed by atoms with Gasteiger partial charge in [0, 0.05) is 0 Å². The first kappa shape index (κ1) is 8.72. The molecule has 0 unspecified atom stereocenters. The predicted molar refractivity (Wildman–Crippen MR) is 45.5 cm³/mol. The number of hydrogen-bond donors (Lipinski definition) is 1. The molecular weight excluding hydrogens is 138 g/mol. The van der Waals surface area contributed by atoms with Crippen molar-refractivity contribution in [1.29, 1.82) is 0 Å². The van der Waals surface area contributed by atoms with Gasteiger partial charge in [0.05, 0.1) is 6.04 Å². The number of hydrogen-bond acceptors (Lipinski definition) is 2. The molecule has 0 amide bonds. The molecule has 0 aromatic rings. The van der Waals surface area contributed by atoms with E-state index in [2.05, 4.69) is 5.32 Å². The van der Waals surface area contributed by atoms with Crippen LogP contribution in [0.1, 0.15) is 32.6 Å². The first-order chi connectivity index (χ1) is 5.38. The largest absolute Gasteiger partial charge is 0.308 e. The van der Waals surface area contributed by atoms with Crippen molar-refractivity contribution in [1.82, 2.24) is 5.32 Å². The number of rotatable bonds is 4. The third-order valence-corrected chi connectivity index (χ3v) is 2.49. The van der Waals surface area contributed by atoms with Gasteiger partial charge in [-0.1, -0.05) is 19.8 Å². The monoisotopic (exact) mass is 155 g/mol. The first-order valence-electron chi connectivity index (χ1n) is 4.57. The van der Waals surface area contributed by atoms with Crippen molar-refractivity contribution >= 4 is 6.29 Å². The summed E-state index contributed by atoms with van der Waals surface area (Å²) >= 11 is 0. The Kier molecular flexibility index (Phi) is 3.57. The van der Waals surface area contributed by atoms with Crippen LogP contribution in [0, 0.1) is 5.92 Å².